The number of nitrogens with zero attached hydrogens (tertiary/aromatic N) is 1. The fourth-order valence-corrected chi connectivity index (χ4v) is 5.73. The Morgan fingerprint density at radius 2 is 1.48 bits per heavy atom. The topological polar surface area (TPSA) is 3.01 Å². The lowest BCUT2D eigenvalue weighted by molar-refractivity contribution is -0.433. The van der Waals surface area contributed by atoms with Crippen molar-refractivity contribution in [1.82, 2.24) is 0 Å². The van der Waals surface area contributed by atoms with Crippen LogP contribution in [0.4, 0.5) is 5.69 Å². The molecule has 0 fully saturated rings. The number of hydrogen-bond donors (Lipinski definition) is 0. The zero-order valence-corrected chi connectivity index (χ0v) is 19.5. The largest absolute Gasteiger partial charge is 0.209 e. The van der Waals surface area contributed by atoms with E-state index in [0.29, 0.717) is 5.92 Å². The number of aryl methyl sites for hydroxylation is 2. The zero-order chi connectivity index (χ0) is 21.1. The van der Waals surface area contributed by atoms with Crippen LogP contribution in [0.5, 0.6) is 0 Å². The standard InChI is InChI=1S/C28H36N/c1-9-20-21-13-11-18(3)15-22(21)27(5,6)23(20)17-26-28(7,8)24-16-19(4)12-14-25(24)29(26)10-2/h11-17,20H,9-10H2,1-8H3/q+1/b23-17+. The van der Waals surface area contributed by atoms with Gasteiger partial charge in [0, 0.05) is 29.0 Å². The molecule has 29 heavy (non-hydrogen) atoms. The maximum atomic E-state index is 2.57. The van der Waals surface area contributed by atoms with E-state index in [1.54, 1.807) is 5.57 Å². The van der Waals surface area contributed by atoms with Crippen LogP contribution in [-0.2, 0) is 10.8 Å². The fourth-order valence-electron chi connectivity index (χ4n) is 5.73. The van der Waals surface area contributed by atoms with Crippen LogP contribution in [0.15, 0.2) is 48.0 Å². The molecular weight excluding hydrogens is 350 g/mol. The molecule has 0 saturated carbocycles. The molecule has 1 aliphatic heterocycles. The van der Waals surface area contributed by atoms with Gasteiger partial charge in [-0.25, -0.2) is 0 Å². The summed E-state index contributed by atoms with van der Waals surface area (Å²) in [6.45, 7) is 19.7. The number of allylic oxidation sites excluding steroid dienone is 2. The lowest BCUT2D eigenvalue weighted by atomic mass is 9.75. The van der Waals surface area contributed by atoms with E-state index in [1.807, 2.05) is 0 Å². The number of hydrogen-bond acceptors (Lipinski definition) is 0. The van der Waals surface area contributed by atoms with Crippen LogP contribution in [0, 0.1) is 13.8 Å². The normalized spacial score (nSPS) is 22.9. The summed E-state index contributed by atoms with van der Waals surface area (Å²) >= 11 is 0. The van der Waals surface area contributed by atoms with Crippen LogP contribution in [0.3, 0.4) is 0 Å². The highest BCUT2D eigenvalue weighted by atomic mass is 15.0. The molecule has 152 valence electrons. The van der Waals surface area contributed by atoms with Crippen molar-refractivity contribution in [3.8, 4) is 0 Å². The molecule has 0 radical (unpaired) electrons. The summed E-state index contributed by atoms with van der Waals surface area (Å²) in [4.78, 5) is 0. The third kappa shape index (κ3) is 2.85. The van der Waals surface area contributed by atoms with E-state index in [9.17, 15) is 0 Å². The quantitative estimate of drug-likeness (QED) is 0.494. The molecule has 0 N–H and O–H groups in total. The molecular formula is C28H36N+. The molecule has 0 bridgehead atoms. The summed E-state index contributed by atoms with van der Waals surface area (Å²) in [5, 5.41) is 0. The maximum Gasteiger partial charge on any atom is 0.209 e. The average molecular weight is 387 g/mol. The third-order valence-corrected chi connectivity index (χ3v) is 7.42. The Labute approximate surface area is 177 Å². The van der Waals surface area contributed by atoms with Gasteiger partial charge in [-0.15, -0.1) is 0 Å². The minimum Gasteiger partial charge on any atom is -0.195 e. The summed E-state index contributed by atoms with van der Waals surface area (Å²) in [5.41, 5.74) is 11.7. The first-order valence-corrected chi connectivity index (χ1v) is 11.2. The second-order valence-corrected chi connectivity index (χ2v) is 10.1. The van der Waals surface area contributed by atoms with Crippen molar-refractivity contribution in [2.45, 2.75) is 78.6 Å². The molecule has 0 amide bonds. The number of fused-ring (bicyclic) bond motifs is 2. The molecule has 1 aliphatic carbocycles. The van der Waals surface area contributed by atoms with Crippen LogP contribution < -0.4 is 0 Å². The summed E-state index contributed by atoms with van der Waals surface area (Å²) in [7, 11) is 0. The van der Waals surface area contributed by atoms with E-state index in [0.717, 1.165) is 13.0 Å². The second-order valence-electron chi connectivity index (χ2n) is 10.1. The van der Waals surface area contributed by atoms with Crippen LogP contribution in [0.25, 0.3) is 0 Å². The average Bonchev–Trinajstić information content (AvgIpc) is 3.01. The molecule has 0 spiro atoms. The SMILES string of the molecule is CCC1/C(=C\C2=[N+](CC)c3ccc(C)cc3C2(C)C)C(C)(C)c2cc(C)ccc21. The van der Waals surface area contributed by atoms with Crippen LogP contribution in [-0.4, -0.2) is 16.8 Å². The Balaban J connectivity index is 1.94. The highest BCUT2D eigenvalue weighted by molar-refractivity contribution is 6.04. The monoisotopic (exact) mass is 386 g/mol. The lowest BCUT2D eigenvalue weighted by Crippen LogP contribution is -2.30. The van der Waals surface area contributed by atoms with Gasteiger partial charge in [0.2, 0.25) is 5.69 Å². The zero-order valence-electron chi connectivity index (χ0n) is 19.5. The van der Waals surface area contributed by atoms with Crippen LogP contribution in [0.2, 0.25) is 0 Å². The van der Waals surface area contributed by atoms with Gasteiger partial charge >= 0.3 is 0 Å². The molecule has 0 saturated heterocycles. The molecule has 2 aliphatic rings. The van der Waals surface area contributed by atoms with Gasteiger partial charge in [0.05, 0.1) is 5.41 Å². The van der Waals surface area contributed by atoms with Crippen molar-refractivity contribution in [2.24, 2.45) is 0 Å². The molecule has 1 nitrogen and oxygen atoms in total. The minimum absolute atomic E-state index is 0.0173. The predicted molar refractivity (Wildman–Crippen MR) is 125 cm³/mol. The molecule has 2 aromatic carbocycles. The van der Waals surface area contributed by atoms with Gasteiger partial charge in [-0.05, 0) is 63.8 Å². The Bertz CT molecular complexity index is 1050. The van der Waals surface area contributed by atoms with Gasteiger partial charge in [-0.3, -0.25) is 0 Å². The molecule has 1 atom stereocenters. The molecule has 2 aromatic rings. The van der Waals surface area contributed by atoms with E-state index >= 15 is 0 Å². The van der Waals surface area contributed by atoms with Crippen molar-refractivity contribution < 1.29 is 4.58 Å². The van der Waals surface area contributed by atoms with Gasteiger partial charge in [0.25, 0.3) is 0 Å². The van der Waals surface area contributed by atoms with Gasteiger partial charge in [-0.1, -0.05) is 56.2 Å². The third-order valence-electron chi connectivity index (χ3n) is 7.42. The number of rotatable bonds is 3. The highest BCUT2D eigenvalue weighted by Crippen LogP contribution is 2.52. The molecule has 1 heteroatoms. The van der Waals surface area contributed by atoms with Crippen molar-refractivity contribution in [2.75, 3.05) is 6.54 Å². The molecule has 1 unspecified atom stereocenters. The Morgan fingerprint density at radius 1 is 0.862 bits per heavy atom. The van der Waals surface area contributed by atoms with Crippen molar-refractivity contribution in [3.05, 3.63) is 75.9 Å². The smallest absolute Gasteiger partial charge is 0.195 e. The first-order valence-electron chi connectivity index (χ1n) is 11.2. The van der Waals surface area contributed by atoms with Gasteiger partial charge < -0.3 is 0 Å². The van der Waals surface area contributed by atoms with Crippen LogP contribution >= 0.6 is 0 Å². The van der Waals surface area contributed by atoms with Gasteiger partial charge in [0.1, 0.15) is 6.54 Å². The van der Waals surface area contributed by atoms with Gasteiger partial charge in [0.15, 0.2) is 5.71 Å². The van der Waals surface area contributed by atoms with E-state index in [1.165, 1.54) is 39.2 Å². The number of benzene rings is 2. The summed E-state index contributed by atoms with van der Waals surface area (Å²) in [6, 6.07) is 14.0. The molecule has 4 rings (SSSR count). The fraction of sp³-hybridized carbons (Fsp3) is 0.464. The van der Waals surface area contributed by atoms with Crippen LogP contribution in [0.1, 0.15) is 81.7 Å². The van der Waals surface area contributed by atoms with E-state index in [-0.39, 0.29) is 10.8 Å². The lowest BCUT2D eigenvalue weighted by Gasteiger charge is -2.25. The predicted octanol–water partition coefficient (Wildman–Crippen LogP) is 7.11. The Kier molecular flexibility index (Phi) is 4.64. The van der Waals surface area contributed by atoms with E-state index in [2.05, 4.69) is 102 Å². The highest BCUT2D eigenvalue weighted by Gasteiger charge is 2.47. The summed E-state index contributed by atoms with van der Waals surface area (Å²) < 4.78 is 2.54. The van der Waals surface area contributed by atoms with Crippen molar-refractivity contribution in [3.63, 3.8) is 0 Å². The first-order chi connectivity index (χ1) is 13.6. The van der Waals surface area contributed by atoms with Gasteiger partial charge in [-0.2, -0.15) is 4.58 Å². The molecule has 0 aromatic heterocycles. The van der Waals surface area contributed by atoms with Crippen molar-refractivity contribution in [1.29, 1.82) is 0 Å². The summed E-state index contributed by atoms with van der Waals surface area (Å²) in [6.07, 6.45) is 3.72. The van der Waals surface area contributed by atoms with E-state index in [4.69, 9.17) is 0 Å². The Hall–Kier alpha value is -2.15. The first kappa shape index (κ1) is 20.1. The molecule has 1 heterocycles. The second kappa shape index (κ2) is 6.69. The van der Waals surface area contributed by atoms with E-state index < -0.39 is 0 Å². The summed E-state index contributed by atoms with van der Waals surface area (Å²) in [5.74, 6) is 0.507. The maximum absolute atomic E-state index is 2.57. The minimum atomic E-state index is 0.0173. The van der Waals surface area contributed by atoms with Crippen molar-refractivity contribution >= 4 is 11.4 Å². The Morgan fingerprint density at radius 3 is 2.10 bits per heavy atom.